The van der Waals surface area contributed by atoms with Crippen molar-refractivity contribution in [2.24, 2.45) is 0 Å². The van der Waals surface area contributed by atoms with E-state index >= 15 is 0 Å². The van der Waals surface area contributed by atoms with E-state index in [-0.39, 0.29) is 11.8 Å². The van der Waals surface area contributed by atoms with Gasteiger partial charge < -0.3 is 15.0 Å². The summed E-state index contributed by atoms with van der Waals surface area (Å²) >= 11 is 0. The second kappa shape index (κ2) is 8.17. The summed E-state index contributed by atoms with van der Waals surface area (Å²) in [6.45, 7) is 8.05. The van der Waals surface area contributed by atoms with Crippen LogP contribution in [0.15, 0.2) is 48.5 Å². The first-order valence-electron chi connectivity index (χ1n) is 9.05. The molecule has 1 atom stereocenters. The van der Waals surface area contributed by atoms with Crippen LogP contribution in [0.4, 0.5) is 5.69 Å². The fourth-order valence-electron chi connectivity index (χ4n) is 3.27. The van der Waals surface area contributed by atoms with E-state index in [0.717, 1.165) is 42.2 Å². The number of hydrogen-bond acceptors (Lipinski definition) is 3. The zero-order chi connectivity index (χ0) is 17.6. The molecule has 1 N–H and O–H groups in total. The molecule has 1 amide bonds. The number of carbonyl (C=O) groups excluding carboxylic acids is 1. The van der Waals surface area contributed by atoms with Gasteiger partial charge in [-0.15, -0.1) is 0 Å². The molecule has 132 valence electrons. The van der Waals surface area contributed by atoms with Gasteiger partial charge in [-0.05, 0) is 48.8 Å². The maximum atomic E-state index is 12.2. The van der Waals surface area contributed by atoms with Gasteiger partial charge >= 0.3 is 0 Å². The molecule has 4 nitrogen and oxygen atoms in total. The van der Waals surface area contributed by atoms with Gasteiger partial charge in [0.1, 0.15) is 12.4 Å². The Morgan fingerprint density at radius 2 is 1.76 bits per heavy atom. The van der Waals surface area contributed by atoms with E-state index in [2.05, 4.69) is 36.2 Å². The smallest absolute Gasteiger partial charge is 0.232 e. The second-order valence-electron chi connectivity index (χ2n) is 6.35. The summed E-state index contributed by atoms with van der Waals surface area (Å²) in [5.41, 5.74) is 3.17. The number of benzene rings is 2. The Balaban J connectivity index is 1.57. The summed E-state index contributed by atoms with van der Waals surface area (Å²) < 4.78 is 5.82. The molecule has 3 rings (SSSR count). The minimum absolute atomic E-state index is 0.0840. The Hall–Kier alpha value is -2.33. The Morgan fingerprint density at radius 3 is 2.48 bits per heavy atom. The molecule has 0 saturated carbocycles. The highest BCUT2D eigenvalue weighted by atomic mass is 16.5. The molecule has 25 heavy (non-hydrogen) atoms. The van der Waals surface area contributed by atoms with E-state index in [1.807, 2.05) is 36.4 Å². The standard InChI is InChI=1S/C21H26N2O2/c1-3-23(4-2)13-14-25-17-11-9-16(10-12-17)15-19-18-7-5-6-8-20(18)22-21(19)24/h5-12,19H,3-4,13-15H2,1-2H3,(H,22,24). The van der Waals surface area contributed by atoms with Crippen LogP contribution in [0, 0.1) is 0 Å². The van der Waals surface area contributed by atoms with Gasteiger partial charge in [-0.25, -0.2) is 0 Å². The summed E-state index contributed by atoms with van der Waals surface area (Å²) in [4.78, 5) is 14.6. The van der Waals surface area contributed by atoms with Crippen LogP contribution in [-0.4, -0.2) is 37.0 Å². The topological polar surface area (TPSA) is 41.6 Å². The van der Waals surface area contributed by atoms with Crippen LogP contribution in [0.1, 0.15) is 30.9 Å². The molecule has 1 unspecified atom stereocenters. The largest absolute Gasteiger partial charge is 0.492 e. The van der Waals surface area contributed by atoms with Crippen LogP contribution >= 0.6 is 0 Å². The van der Waals surface area contributed by atoms with E-state index in [1.54, 1.807) is 0 Å². The first kappa shape index (κ1) is 17.5. The highest BCUT2D eigenvalue weighted by Gasteiger charge is 2.29. The Kier molecular flexibility index (Phi) is 5.71. The van der Waals surface area contributed by atoms with Crippen molar-refractivity contribution in [2.75, 3.05) is 31.6 Å². The number of amides is 1. The van der Waals surface area contributed by atoms with Crippen molar-refractivity contribution in [1.29, 1.82) is 0 Å². The summed E-state index contributed by atoms with van der Waals surface area (Å²) in [6.07, 6.45) is 0.711. The minimum Gasteiger partial charge on any atom is -0.492 e. The predicted molar refractivity (Wildman–Crippen MR) is 101 cm³/mol. The van der Waals surface area contributed by atoms with Crippen molar-refractivity contribution >= 4 is 11.6 Å². The minimum atomic E-state index is -0.106. The lowest BCUT2D eigenvalue weighted by Crippen LogP contribution is -2.27. The van der Waals surface area contributed by atoms with Crippen molar-refractivity contribution in [2.45, 2.75) is 26.2 Å². The third-order valence-electron chi connectivity index (χ3n) is 4.84. The predicted octanol–water partition coefficient (Wildman–Crippen LogP) is 3.69. The van der Waals surface area contributed by atoms with Crippen molar-refractivity contribution in [1.82, 2.24) is 4.90 Å². The number of carbonyl (C=O) groups is 1. The van der Waals surface area contributed by atoms with Gasteiger partial charge in [0.15, 0.2) is 0 Å². The lowest BCUT2D eigenvalue weighted by atomic mass is 9.93. The van der Waals surface area contributed by atoms with Crippen LogP contribution in [0.2, 0.25) is 0 Å². The number of anilines is 1. The first-order valence-corrected chi connectivity index (χ1v) is 9.05. The van der Waals surface area contributed by atoms with Crippen molar-refractivity contribution in [3.63, 3.8) is 0 Å². The monoisotopic (exact) mass is 338 g/mol. The van der Waals surface area contributed by atoms with E-state index in [9.17, 15) is 4.79 Å². The van der Waals surface area contributed by atoms with Crippen LogP contribution in [-0.2, 0) is 11.2 Å². The molecule has 2 aromatic rings. The molecule has 0 bridgehead atoms. The molecule has 4 heteroatoms. The maximum absolute atomic E-state index is 12.2. The molecule has 1 aliphatic heterocycles. The number of fused-ring (bicyclic) bond motifs is 1. The van der Waals surface area contributed by atoms with Crippen LogP contribution in [0.5, 0.6) is 5.75 Å². The zero-order valence-corrected chi connectivity index (χ0v) is 15.0. The van der Waals surface area contributed by atoms with Crippen molar-refractivity contribution in [3.05, 3.63) is 59.7 Å². The van der Waals surface area contributed by atoms with Gasteiger partial charge in [0.25, 0.3) is 0 Å². The van der Waals surface area contributed by atoms with Crippen LogP contribution < -0.4 is 10.1 Å². The molecule has 0 saturated heterocycles. The van der Waals surface area contributed by atoms with Gasteiger partial charge in [-0.1, -0.05) is 44.2 Å². The lowest BCUT2D eigenvalue weighted by molar-refractivity contribution is -0.117. The van der Waals surface area contributed by atoms with E-state index in [4.69, 9.17) is 4.74 Å². The summed E-state index contributed by atoms with van der Waals surface area (Å²) in [7, 11) is 0. The van der Waals surface area contributed by atoms with E-state index in [0.29, 0.717) is 13.0 Å². The Labute approximate surface area is 149 Å². The highest BCUT2D eigenvalue weighted by Crippen LogP contribution is 2.34. The third-order valence-corrected chi connectivity index (χ3v) is 4.84. The number of ether oxygens (including phenoxy) is 1. The normalized spacial score (nSPS) is 16.0. The maximum Gasteiger partial charge on any atom is 0.232 e. The van der Waals surface area contributed by atoms with E-state index in [1.165, 1.54) is 0 Å². The summed E-state index contributed by atoms with van der Waals surface area (Å²) in [6, 6.07) is 16.0. The van der Waals surface area contributed by atoms with Gasteiger partial charge in [0, 0.05) is 12.2 Å². The van der Waals surface area contributed by atoms with Gasteiger partial charge in [0.05, 0.1) is 5.92 Å². The van der Waals surface area contributed by atoms with Gasteiger partial charge in [0.2, 0.25) is 5.91 Å². The molecule has 0 aliphatic carbocycles. The number of hydrogen-bond donors (Lipinski definition) is 1. The summed E-state index contributed by atoms with van der Waals surface area (Å²) in [5, 5.41) is 2.96. The molecule has 1 heterocycles. The van der Waals surface area contributed by atoms with Crippen molar-refractivity contribution in [3.8, 4) is 5.75 Å². The SMILES string of the molecule is CCN(CC)CCOc1ccc(CC2C(=O)Nc3ccccc32)cc1. The first-order chi connectivity index (χ1) is 12.2. The zero-order valence-electron chi connectivity index (χ0n) is 15.0. The van der Waals surface area contributed by atoms with Crippen LogP contribution in [0.25, 0.3) is 0 Å². The van der Waals surface area contributed by atoms with Crippen molar-refractivity contribution < 1.29 is 9.53 Å². The summed E-state index contributed by atoms with van der Waals surface area (Å²) in [5.74, 6) is 0.860. The van der Waals surface area contributed by atoms with Crippen LogP contribution in [0.3, 0.4) is 0 Å². The lowest BCUT2D eigenvalue weighted by Gasteiger charge is -2.18. The average molecular weight is 338 g/mol. The van der Waals surface area contributed by atoms with Gasteiger partial charge in [-0.3, -0.25) is 4.79 Å². The quantitative estimate of drug-likeness (QED) is 0.798. The molecular formula is C21H26N2O2. The van der Waals surface area contributed by atoms with Gasteiger partial charge in [-0.2, -0.15) is 0 Å². The fourth-order valence-corrected chi connectivity index (χ4v) is 3.27. The number of para-hydroxylation sites is 1. The van der Waals surface area contributed by atoms with E-state index < -0.39 is 0 Å². The molecule has 2 aromatic carbocycles. The fraction of sp³-hybridized carbons (Fsp3) is 0.381. The molecule has 1 aliphatic rings. The number of rotatable bonds is 8. The molecule has 0 aromatic heterocycles. The molecule has 0 spiro atoms. The number of nitrogens with zero attached hydrogens (tertiary/aromatic N) is 1. The number of likely N-dealkylation sites (N-methyl/N-ethyl adjacent to an activating group) is 1. The average Bonchev–Trinajstić information content (AvgIpc) is 2.96. The molecular weight excluding hydrogens is 312 g/mol. The highest BCUT2D eigenvalue weighted by molar-refractivity contribution is 6.03. The molecule has 0 fully saturated rings. The second-order valence-corrected chi connectivity index (χ2v) is 6.35. The number of nitrogens with one attached hydrogen (secondary N) is 1. The Bertz CT molecular complexity index is 708. The Morgan fingerprint density at radius 1 is 1.04 bits per heavy atom. The molecule has 0 radical (unpaired) electrons. The third kappa shape index (κ3) is 4.20.